The van der Waals surface area contributed by atoms with E-state index in [4.69, 9.17) is 12.8 Å². The molecule has 3 aromatic rings. The number of benzene rings is 2. The van der Waals surface area contributed by atoms with E-state index in [1.807, 2.05) is 32.2 Å². The minimum Gasteiger partial charge on any atom is -0.369 e. The van der Waals surface area contributed by atoms with Crippen molar-refractivity contribution in [1.82, 2.24) is 14.8 Å². The van der Waals surface area contributed by atoms with Crippen LogP contribution < -0.4 is 10.4 Å². The molecular weight excluding hydrogens is 499 g/mol. The van der Waals surface area contributed by atoms with Gasteiger partial charge in [-0.15, -0.1) is 0 Å². The third-order valence-electron chi connectivity index (χ3n) is 8.68. The maximum Gasteiger partial charge on any atom is 0.113 e. The topological polar surface area (TPSA) is 22.6 Å². The zero-order valence-electron chi connectivity index (χ0n) is 25.4. The monoisotopic (exact) mass is 545 g/mol. The van der Waals surface area contributed by atoms with Crippen molar-refractivity contribution in [2.24, 2.45) is 0 Å². The van der Waals surface area contributed by atoms with Crippen molar-refractivity contribution in [1.29, 1.82) is 0 Å². The fourth-order valence-corrected chi connectivity index (χ4v) is 6.28. The Balaban J connectivity index is 0.00000165. The van der Waals surface area contributed by atoms with E-state index in [1.165, 1.54) is 65.4 Å². The Morgan fingerprint density at radius 1 is 0.976 bits per heavy atom. The average molecular weight is 546 g/mol. The molecule has 2 aliphatic carbocycles. The zero-order chi connectivity index (χ0) is 28.6. The maximum absolute atomic E-state index is 5.90. The molecule has 1 aromatic heterocycles. The standard InChI is InChI=1S/C34H40BN4.C2H6/c1-2-37(18-16-26-7-4-3-5-8-26)25-29-23-28(32-9-6-17-36-34(32)33(29)27-10-11-27)24-38-19-21-39(22-20-38)31-14-12-30(35)13-15-31;1-2/h6-7,9-15,17,23H,2-5,8,16,18-22,24-25H2,1H3;1-2H3. The van der Waals surface area contributed by atoms with Crippen LogP contribution in [0.15, 0.2) is 66.4 Å². The molecule has 0 N–H and O–H groups in total. The van der Waals surface area contributed by atoms with Crippen LogP contribution in [0.4, 0.5) is 5.69 Å². The first-order chi connectivity index (χ1) is 20.2. The molecule has 1 saturated heterocycles. The van der Waals surface area contributed by atoms with E-state index in [-0.39, 0.29) is 0 Å². The summed E-state index contributed by atoms with van der Waals surface area (Å²) in [5.41, 5.74) is 10.4. The van der Waals surface area contributed by atoms with Gasteiger partial charge in [-0.25, -0.2) is 0 Å². The molecule has 0 atom stereocenters. The molecule has 0 bridgehead atoms. The number of piperazine rings is 1. The van der Waals surface area contributed by atoms with Crippen LogP contribution in [0.1, 0.15) is 69.6 Å². The van der Waals surface area contributed by atoms with Gasteiger partial charge < -0.3 is 4.90 Å². The summed E-state index contributed by atoms with van der Waals surface area (Å²) in [4.78, 5) is 12.6. The van der Waals surface area contributed by atoms with Gasteiger partial charge >= 0.3 is 0 Å². The van der Waals surface area contributed by atoms with Crippen LogP contribution >= 0.6 is 0 Å². The van der Waals surface area contributed by atoms with Gasteiger partial charge in [0.1, 0.15) is 7.85 Å². The molecule has 0 amide bonds. The van der Waals surface area contributed by atoms with Crippen molar-refractivity contribution >= 4 is 35.5 Å². The minimum atomic E-state index is 0.824. The fraction of sp³-hybridized carbons (Fsp3) is 0.444. The lowest BCUT2D eigenvalue weighted by molar-refractivity contribution is 0.250. The number of pyridine rings is 1. The lowest BCUT2D eigenvalue weighted by Gasteiger charge is -2.36. The first-order valence-corrected chi connectivity index (χ1v) is 15.9. The molecule has 3 aliphatic rings. The van der Waals surface area contributed by atoms with Crippen molar-refractivity contribution in [2.45, 2.75) is 66.0 Å². The van der Waals surface area contributed by atoms with Gasteiger partial charge in [-0.05, 0) is 73.5 Å². The SMILES string of the molecule is CC.[B]c1ccc(N2CCN(Cc3cc(CN(CC)CCC4=CCCCC4)c(C4=C[CH]4)c4ncccc34)CC2)cc1. The molecule has 0 unspecified atom stereocenters. The van der Waals surface area contributed by atoms with Crippen LogP contribution in [0.25, 0.3) is 16.5 Å². The normalized spacial score (nSPS) is 17.2. The molecule has 0 saturated carbocycles. The number of nitrogens with zero attached hydrogens (tertiary/aromatic N) is 4. The highest BCUT2D eigenvalue weighted by Crippen LogP contribution is 2.39. The second kappa shape index (κ2) is 14.3. The summed E-state index contributed by atoms with van der Waals surface area (Å²) in [5, 5.41) is 1.30. The van der Waals surface area contributed by atoms with Crippen molar-refractivity contribution in [3.8, 4) is 0 Å². The molecule has 4 nitrogen and oxygen atoms in total. The van der Waals surface area contributed by atoms with Gasteiger partial charge in [-0.2, -0.15) is 0 Å². The molecule has 1 fully saturated rings. The van der Waals surface area contributed by atoms with Crippen LogP contribution in [0.2, 0.25) is 0 Å². The smallest absolute Gasteiger partial charge is 0.113 e. The maximum atomic E-state index is 5.90. The van der Waals surface area contributed by atoms with Gasteiger partial charge in [-0.3, -0.25) is 14.8 Å². The van der Waals surface area contributed by atoms with Crippen LogP contribution in [0.5, 0.6) is 0 Å². The highest BCUT2D eigenvalue weighted by Gasteiger charge is 2.24. The number of anilines is 1. The molecule has 0 spiro atoms. The molecule has 2 aromatic carbocycles. The van der Waals surface area contributed by atoms with E-state index in [2.05, 4.69) is 70.5 Å². The quantitative estimate of drug-likeness (QED) is 0.209. The molecular formula is C36H46BN4. The van der Waals surface area contributed by atoms with Gasteiger partial charge in [0, 0.05) is 75.1 Å². The number of aromatic nitrogens is 1. The number of hydrogen-bond acceptors (Lipinski definition) is 4. The lowest BCUT2D eigenvalue weighted by Crippen LogP contribution is -2.46. The summed E-state index contributed by atoms with van der Waals surface area (Å²) in [6.07, 6.45) is 15.4. The van der Waals surface area contributed by atoms with Crippen molar-refractivity contribution in [3.05, 3.63) is 89.5 Å². The first-order valence-electron chi connectivity index (χ1n) is 15.9. The molecule has 3 radical (unpaired) electrons. The van der Waals surface area contributed by atoms with E-state index < -0.39 is 0 Å². The van der Waals surface area contributed by atoms with Crippen LogP contribution in [0.3, 0.4) is 0 Å². The summed E-state index contributed by atoms with van der Waals surface area (Å²) < 4.78 is 0. The first kappa shape index (κ1) is 29.6. The van der Waals surface area contributed by atoms with Gasteiger partial charge in [0.05, 0.1) is 5.52 Å². The second-order valence-electron chi connectivity index (χ2n) is 11.3. The number of fused-ring (bicyclic) bond motifs is 1. The predicted molar refractivity (Wildman–Crippen MR) is 177 cm³/mol. The van der Waals surface area contributed by atoms with E-state index in [9.17, 15) is 0 Å². The van der Waals surface area contributed by atoms with Gasteiger partial charge in [-0.1, -0.05) is 68.2 Å². The fourth-order valence-electron chi connectivity index (χ4n) is 6.28. The molecule has 5 heteroatoms. The van der Waals surface area contributed by atoms with E-state index in [0.29, 0.717) is 0 Å². The lowest BCUT2D eigenvalue weighted by atomic mass is 9.94. The summed E-state index contributed by atoms with van der Waals surface area (Å²) >= 11 is 0. The van der Waals surface area contributed by atoms with E-state index >= 15 is 0 Å². The van der Waals surface area contributed by atoms with Crippen LogP contribution in [-0.4, -0.2) is 61.9 Å². The van der Waals surface area contributed by atoms with Crippen molar-refractivity contribution < 1.29 is 0 Å². The second-order valence-corrected chi connectivity index (χ2v) is 11.3. The number of hydrogen-bond donors (Lipinski definition) is 0. The third kappa shape index (κ3) is 7.50. The number of rotatable bonds is 10. The molecule has 2 heterocycles. The van der Waals surface area contributed by atoms with Crippen molar-refractivity contribution in [3.63, 3.8) is 0 Å². The van der Waals surface area contributed by atoms with E-state index in [1.54, 1.807) is 5.57 Å². The minimum absolute atomic E-state index is 0.824. The van der Waals surface area contributed by atoms with E-state index in [0.717, 1.165) is 63.3 Å². The Bertz CT molecular complexity index is 1350. The molecule has 41 heavy (non-hydrogen) atoms. The molecule has 1 aliphatic heterocycles. The highest BCUT2D eigenvalue weighted by atomic mass is 15.3. The summed E-state index contributed by atoms with van der Waals surface area (Å²) in [6, 6.07) is 15.2. The van der Waals surface area contributed by atoms with Crippen LogP contribution in [-0.2, 0) is 13.1 Å². The summed E-state index contributed by atoms with van der Waals surface area (Å²) in [7, 11) is 5.90. The largest absolute Gasteiger partial charge is 0.369 e. The van der Waals surface area contributed by atoms with Gasteiger partial charge in [0.2, 0.25) is 0 Å². The zero-order valence-corrected chi connectivity index (χ0v) is 25.4. The molecule has 213 valence electrons. The Morgan fingerprint density at radius 2 is 1.76 bits per heavy atom. The average Bonchev–Trinajstić information content (AvgIpc) is 3.87. The summed E-state index contributed by atoms with van der Waals surface area (Å²) in [6.45, 7) is 14.6. The summed E-state index contributed by atoms with van der Waals surface area (Å²) in [5.74, 6) is 0. The Hall–Kier alpha value is -2.89. The Labute approximate surface area is 249 Å². The van der Waals surface area contributed by atoms with Gasteiger partial charge in [0.15, 0.2) is 0 Å². The number of allylic oxidation sites excluding steroid dienone is 3. The predicted octanol–water partition coefficient (Wildman–Crippen LogP) is 6.69. The third-order valence-corrected chi connectivity index (χ3v) is 8.68. The highest BCUT2D eigenvalue weighted by molar-refractivity contribution is 6.32. The Morgan fingerprint density at radius 3 is 2.44 bits per heavy atom. The Kier molecular flexibility index (Phi) is 10.3. The van der Waals surface area contributed by atoms with Gasteiger partial charge in [0.25, 0.3) is 0 Å². The van der Waals surface area contributed by atoms with Crippen LogP contribution in [0, 0.1) is 6.42 Å². The van der Waals surface area contributed by atoms with Crippen molar-refractivity contribution in [2.75, 3.05) is 44.2 Å². The molecule has 6 rings (SSSR count).